The van der Waals surface area contributed by atoms with Crippen LogP contribution in [0.3, 0.4) is 0 Å². The van der Waals surface area contributed by atoms with E-state index in [2.05, 4.69) is 10.3 Å². The summed E-state index contributed by atoms with van der Waals surface area (Å²) in [6.07, 6.45) is 4.02. The number of H-pyrrole nitrogens is 1. The van der Waals surface area contributed by atoms with Gasteiger partial charge in [0.1, 0.15) is 0 Å². The van der Waals surface area contributed by atoms with Crippen LogP contribution in [0, 0.1) is 4.77 Å². The number of rotatable bonds is 2. The van der Waals surface area contributed by atoms with Crippen LogP contribution in [0.4, 0.5) is 5.69 Å². The molecule has 3 rings (SSSR count). The van der Waals surface area contributed by atoms with Crippen molar-refractivity contribution in [1.29, 1.82) is 0 Å². The molecule has 2 N–H and O–H groups in total. The van der Waals surface area contributed by atoms with Crippen LogP contribution >= 0.6 is 12.2 Å². The molecule has 1 aromatic carbocycles. The van der Waals surface area contributed by atoms with Crippen molar-refractivity contribution in [2.75, 3.05) is 5.32 Å². The quantitative estimate of drug-likeness (QED) is 0.644. The van der Waals surface area contributed by atoms with Gasteiger partial charge in [-0.3, -0.25) is 14.2 Å². The summed E-state index contributed by atoms with van der Waals surface area (Å²) in [7, 11) is 0. The number of carbonyl (C=O) groups is 2. The Labute approximate surface area is 182 Å². The Hall–Kier alpha value is -0.574. The summed E-state index contributed by atoms with van der Waals surface area (Å²) < 4.78 is 2.07. The molecule has 23 heavy (non-hydrogen) atoms. The normalized spacial score (nSPS) is 12.9. The van der Waals surface area contributed by atoms with E-state index in [-0.39, 0.29) is 63.2 Å². The number of imidazole rings is 1. The van der Waals surface area contributed by atoms with Gasteiger partial charge in [0.2, 0.25) is 5.91 Å². The monoisotopic (exact) mass is 354 g/mol. The summed E-state index contributed by atoms with van der Waals surface area (Å²) in [5, 5.41) is 2.68. The zero-order chi connectivity index (χ0) is 15.7. The van der Waals surface area contributed by atoms with Crippen LogP contribution in [-0.2, 0) is 17.6 Å². The standard InChI is InChI=1S/C16H17N3O2S.K/c1-10(20)17-12-8-6-11(7-9-12)15(21)19-14-5-3-2-4-13(14)18-16(19)22;/h6-9H,2-5H2,1H3,(H,17,20)(H,18,22);. The van der Waals surface area contributed by atoms with Gasteiger partial charge in [0.25, 0.3) is 5.91 Å². The molecule has 1 amide bonds. The number of hydrogen-bond acceptors (Lipinski definition) is 3. The van der Waals surface area contributed by atoms with Crippen LogP contribution in [-0.4, -0.2) is 72.7 Å². The molecule has 1 aliphatic rings. The van der Waals surface area contributed by atoms with Gasteiger partial charge in [-0.25, -0.2) is 0 Å². The second-order valence-electron chi connectivity index (χ2n) is 5.46. The number of nitrogens with one attached hydrogen (secondary N) is 2. The topological polar surface area (TPSA) is 66.9 Å². The average molecular weight is 354 g/mol. The van der Waals surface area contributed by atoms with E-state index in [4.69, 9.17) is 12.2 Å². The number of benzene rings is 1. The molecule has 0 fully saturated rings. The Morgan fingerprint density at radius 3 is 2.48 bits per heavy atom. The Balaban J connectivity index is 0.00000192. The number of carbonyl (C=O) groups excluding carboxylic acids is 2. The first kappa shape index (κ1) is 18.8. The molecule has 0 spiro atoms. The van der Waals surface area contributed by atoms with Gasteiger partial charge in [-0.05, 0) is 62.2 Å². The van der Waals surface area contributed by atoms with Crippen molar-refractivity contribution < 1.29 is 9.59 Å². The molecule has 1 aliphatic carbocycles. The van der Waals surface area contributed by atoms with Crippen LogP contribution < -0.4 is 5.32 Å². The van der Waals surface area contributed by atoms with E-state index in [0.717, 1.165) is 37.1 Å². The number of aryl methyl sites for hydroxylation is 1. The van der Waals surface area contributed by atoms with Gasteiger partial charge >= 0.3 is 0 Å². The van der Waals surface area contributed by atoms with Crippen LogP contribution in [0.1, 0.15) is 41.5 Å². The van der Waals surface area contributed by atoms with Crippen molar-refractivity contribution in [1.82, 2.24) is 9.55 Å². The number of amides is 1. The van der Waals surface area contributed by atoms with E-state index in [0.29, 0.717) is 16.0 Å². The van der Waals surface area contributed by atoms with Crippen molar-refractivity contribution >= 4 is 81.1 Å². The molecule has 0 atom stereocenters. The van der Waals surface area contributed by atoms with Crippen molar-refractivity contribution in [2.24, 2.45) is 0 Å². The summed E-state index contributed by atoms with van der Waals surface area (Å²) >= 11 is 5.31. The smallest absolute Gasteiger partial charge is 0.264 e. The summed E-state index contributed by atoms with van der Waals surface area (Å²) in [5.41, 5.74) is 3.31. The number of aromatic nitrogens is 2. The van der Waals surface area contributed by atoms with Gasteiger partial charge in [-0.2, -0.15) is 0 Å². The molecule has 0 saturated carbocycles. The zero-order valence-electron chi connectivity index (χ0n) is 13.3. The number of aromatic amines is 1. The molecule has 0 bridgehead atoms. The van der Waals surface area contributed by atoms with E-state index in [1.807, 2.05) is 0 Å². The number of nitrogens with zero attached hydrogens (tertiary/aromatic N) is 1. The maximum atomic E-state index is 12.7. The summed E-state index contributed by atoms with van der Waals surface area (Å²) in [6.45, 7) is 1.45. The molecule has 115 valence electrons. The predicted octanol–water partition coefficient (Wildman–Crippen LogP) is 2.69. The molecule has 0 aliphatic heterocycles. The number of anilines is 1. The molecule has 1 heterocycles. The van der Waals surface area contributed by atoms with Gasteiger partial charge < -0.3 is 10.3 Å². The Kier molecular flexibility index (Phi) is 6.53. The maximum absolute atomic E-state index is 12.7. The van der Waals surface area contributed by atoms with Crippen LogP contribution in [0.5, 0.6) is 0 Å². The Bertz CT molecular complexity index is 793. The summed E-state index contributed by atoms with van der Waals surface area (Å²) in [6, 6.07) is 6.85. The van der Waals surface area contributed by atoms with Gasteiger partial charge in [-0.1, -0.05) is 0 Å². The molecule has 5 nitrogen and oxygen atoms in total. The van der Waals surface area contributed by atoms with Crippen LogP contribution in [0.2, 0.25) is 0 Å². The fraction of sp³-hybridized carbons (Fsp3) is 0.312. The largest absolute Gasteiger partial charge is 0.334 e. The zero-order valence-corrected chi connectivity index (χ0v) is 17.2. The van der Waals surface area contributed by atoms with Crippen molar-refractivity contribution in [2.45, 2.75) is 32.6 Å². The van der Waals surface area contributed by atoms with Gasteiger partial charge in [0.15, 0.2) is 4.77 Å². The predicted molar refractivity (Wildman–Crippen MR) is 92.5 cm³/mol. The minimum Gasteiger partial charge on any atom is -0.334 e. The third kappa shape index (κ3) is 4.10. The van der Waals surface area contributed by atoms with E-state index in [9.17, 15) is 9.59 Å². The molecular weight excluding hydrogens is 337 g/mol. The first-order valence-corrected chi connectivity index (χ1v) is 7.72. The molecule has 0 saturated heterocycles. The van der Waals surface area contributed by atoms with E-state index in [1.165, 1.54) is 6.92 Å². The van der Waals surface area contributed by atoms with Crippen molar-refractivity contribution in [3.8, 4) is 0 Å². The molecule has 1 aromatic heterocycles. The average Bonchev–Trinajstić information content (AvgIpc) is 2.82. The third-order valence-electron chi connectivity index (χ3n) is 3.82. The minimum absolute atomic E-state index is 0. The van der Waals surface area contributed by atoms with Crippen LogP contribution in [0.25, 0.3) is 0 Å². The third-order valence-corrected chi connectivity index (χ3v) is 4.11. The van der Waals surface area contributed by atoms with Crippen LogP contribution in [0.15, 0.2) is 24.3 Å². The van der Waals surface area contributed by atoms with Crippen molar-refractivity contribution in [3.63, 3.8) is 0 Å². The molecule has 2 aromatic rings. The first-order chi connectivity index (χ1) is 10.6. The molecule has 1 radical (unpaired) electrons. The van der Waals surface area contributed by atoms with Crippen molar-refractivity contribution in [3.05, 3.63) is 46.0 Å². The SMILES string of the molecule is CC(=O)Nc1ccc(C(=O)n2c3c([nH]c2=S)CCCC3)cc1.[K]. The first-order valence-electron chi connectivity index (χ1n) is 7.31. The van der Waals surface area contributed by atoms with Gasteiger partial charge in [0, 0.05) is 80.9 Å². The van der Waals surface area contributed by atoms with E-state index >= 15 is 0 Å². The summed E-state index contributed by atoms with van der Waals surface area (Å²) in [5.74, 6) is -0.264. The number of fused-ring (bicyclic) bond motifs is 1. The molecule has 7 heteroatoms. The van der Waals surface area contributed by atoms with Gasteiger partial charge in [-0.15, -0.1) is 0 Å². The fourth-order valence-electron chi connectivity index (χ4n) is 2.82. The fourth-order valence-corrected chi connectivity index (χ4v) is 3.14. The second-order valence-corrected chi connectivity index (χ2v) is 5.85. The van der Waals surface area contributed by atoms with Gasteiger partial charge in [0.05, 0.1) is 0 Å². The molecule has 0 unspecified atom stereocenters. The minimum atomic E-state index is -0.138. The van der Waals surface area contributed by atoms with E-state index in [1.54, 1.807) is 28.8 Å². The number of hydrogen-bond donors (Lipinski definition) is 2. The Morgan fingerprint density at radius 2 is 1.83 bits per heavy atom. The van der Waals surface area contributed by atoms with E-state index < -0.39 is 0 Å². The molecular formula is C16H17KN3O2S. The Morgan fingerprint density at radius 1 is 1.17 bits per heavy atom. The second kappa shape index (κ2) is 8.00. The summed E-state index contributed by atoms with van der Waals surface area (Å²) in [4.78, 5) is 26.9. The maximum Gasteiger partial charge on any atom is 0.264 e.